The molecule has 1 atom stereocenters. The Morgan fingerprint density at radius 1 is 1.31 bits per heavy atom. The fraction of sp³-hybridized carbons (Fsp3) is 0.526. The number of nitrogens with one attached hydrogen (secondary N) is 4. The lowest BCUT2D eigenvalue weighted by Crippen LogP contribution is -2.40. The first-order valence-electron chi connectivity index (χ1n) is 9.20. The van der Waals surface area contributed by atoms with Gasteiger partial charge in [0.15, 0.2) is 5.96 Å². The molecule has 4 N–H and O–H groups in total. The van der Waals surface area contributed by atoms with Crippen molar-refractivity contribution in [1.82, 2.24) is 16.0 Å². The molecule has 7 nitrogen and oxygen atoms in total. The summed E-state index contributed by atoms with van der Waals surface area (Å²) in [5, 5.41) is 12.1. The molecule has 0 radical (unpaired) electrons. The number of benzene rings is 1. The molecular weight excluding hydrogens is 330 g/mol. The largest absolute Gasteiger partial charge is 0.357 e. The van der Waals surface area contributed by atoms with Gasteiger partial charge in [-0.15, -0.1) is 0 Å². The zero-order valence-corrected chi connectivity index (χ0v) is 15.8. The summed E-state index contributed by atoms with van der Waals surface area (Å²) in [5.41, 5.74) is 1.98. The Kier molecular flexibility index (Phi) is 7.44. The van der Waals surface area contributed by atoms with Gasteiger partial charge in [-0.2, -0.15) is 0 Å². The Bertz CT molecular complexity index is 657. The highest BCUT2D eigenvalue weighted by atomic mass is 16.2. The van der Waals surface area contributed by atoms with Crippen molar-refractivity contribution in [3.05, 3.63) is 29.8 Å². The molecule has 1 aromatic rings. The van der Waals surface area contributed by atoms with E-state index in [0.717, 1.165) is 17.8 Å². The molecule has 1 aromatic carbocycles. The van der Waals surface area contributed by atoms with Crippen LogP contribution in [0.2, 0.25) is 0 Å². The number of hydrogen-bond donors (Lipinski definition) is 4. The Labute approximate surface area is 155 Å². The van der Waals surface area contributed by atoms with E-state index in [2.05, 4.69) is 26.3 Å². The van der Waals surface area contributed by atoms with Gasteiger partial charge in [-0.05, 0) is 32.4 Å². The van der Waals surface area contributed by atoms with Crippen LogP contribution in [0.3, 0.4) is 0 Å². The summed E-state index contributed by atoms with van der Waals surface area (Å²) in [6, 6.07) is 7.98. The SMILES string of the molecule is CCNC(=NCC1CC(=O)Nc2ccccc21)NCCC(=O)NC(C)C. The molecule has 0 bridgehead atoms. The van der Waals surface area contributed by atoms with Crippen molar-refractivity contribution in [3.8, 4) is 0 Å². The molecule has 1 heterocycles. The first-order valence-corrected chi connectivity index (χ1v) is 9.20. The average molecular weight is 359 g/mol. The Balaban J connectivity index is 1.94. The maximum Gasteiger partial charge on any atom is 0.225 e. The molecule has 1 aliphatic rings. The number of aliphatic imine (C=N–C) groups is 1. The number of fused-ring (bicyclic) bond motifs is 1. The number of nitrogens with zero attached hydrogens (tertiary/aromatic N) is 1. The van der Waals surface area contributed by atoms with E-state index in [1.165, 1.54) is 0 Å². The van der Waals surface area contributed by atoms with Crippen LogP contribution < -0.4 is 21.3 Å². The van der Waals surface area contributed by atoms with Gasteiger partial charge in [0.05, 0.1) is 6.54 Å². The lowest BCUT2D eigenvalue weighted by molar-refractivity contribution is -0.121. The number of hydrogen-bond acceptors (Lipinski definition) is 3. The van der Waals surface area contributed by atoms with Crippen molar-refractivity contribution in [3.63, 3.8) is 0 Å². The van der Waals surface area contributed by atoms with Crippen LogP contribution in [-0.4, -0.2) is 43.5 Å². The highest BCUT2D eigenvalue weighted by Crippen LogP contribution is 2.31. The molecular formula is C19H29N5O2. The molecule has 2 amide bonds. The summed E-state index contributed by atoms with van der Waals surface area (Å²) in [6.07, 6.45) is 0.813. The van der Waals surface area contributed by atoms with E-state index >= 15 is 0 Å². The van der Waals surface area contributed by atoms with Gasteiger partial charge in [-0.1, -0.05) is 18.2 Å². The van der Waals surface area contributed by atoms with Gasteiger partial charge in [0.2, 0.25) is 11.8 Å². The van der Waals surface area contributed by atoms with Crippen LogP contribution in [0.4, 0.5) is 5.69 Å². The normalized spacial score (nSPS) is 16.7. The second-order valence-electron chi connectivity index (χ2n) is 6.66. The number of carbonyl (C=O) groups is 2. The fourth-order valence-electron chi connectivity index (χ4n) is 2.90. The zero-order chi connectivity index (χ0) is 18.9. The minimum atomic E-state index is 0.0150. The highest BCUT2D eigenvalue weighted by Gasteiger charge is 2.24. The number of rotatable bonds is 7. The molecule has 2 rings (SSSR count). The molecule has 0 spiro atoms. The monoisotopic (exact) mass is 359 g/mol. The van der Waals surface area contributed by atoms with Crippen molar-refractivity contribution in [2.75, 3.05) is 25.0 Å². The number of para-hydroxylation sites is 1. The smallest absolute Gasteiger partial charge is 0.225 e. The van der Waals surface area contributed by atoms with Crippen molar-refractivity contribution in [2.45, 2.75) is 45.6 Å². The highest BCUT2D eigenvalue weighted by molar-refractivity contribution is 5.94. The minimum absolute atomic E-state index is 0.0150. The van der Waals surface area contributed by atoms with E-state index in [1.807, 2.05) is 45.0 Å². The van der Waals surface area contributed by atoms with E-state index < -0.39 is 0 Å². The average Bonchev–Trinajstić information content (AvgIpc) is 2.58. The van der Waals surface area contributed by atoms with Crippen LogP contribution in [0.1, 0.15) is 45.1 Å². The predicted octanol–water partition coefficient (Wildman–Crippen LogP) is 1.58. The Hall–Kier alpha value is -2.57. The molecule has 1 aliphatic heterocycles. The van der Waals surface area contributed by atoms with Gasteiger partial charge >= 0.3 is 0 Å². The van der Waals surface area contributed by atoms with E-state index in [4.69, 9.17) is 0 Å². The summed E-state index contributed by atoms with van der Waals surface area (Å²) < 4.78 is 0. The molecule has 0 fully saturated rings. The predicted molar refractivity (Wildman–Crippen MR) is 104 cm³/mol. The van der Waals surface area contributed by atoms with Crippen LogP contribution in [0, 0.1) is 0 Å². The quantitative estimate of drug-likeness (QED) is 0.439. The van der Waals surface area contributed by atoms with Crippen LogP contribution in [0.5, 0.6) is 0 Å². The first-order chi connectivity index (χ1) is 12.5. The molecule has 7 heteroatoms. The maximum atomic E-state index is 11.9. The van der Waals surface area contributed by atoms with E-state index in [0.29, 0.717) is 31.9 Å². The fourth-order valence-corrected chi connectivity index (χ4v) is 2.90. The summed E-state index contributed by atoms with van der Waals surface area (Å²) >= 11 is 0. The Morgan fingerprint density at radius 3 is 2.81 bits per heavy atom. The molecule has 0 saturated carbocycles. The van der Waals surface area contributed by atoms with E-state index in [-0.39, 0.29) is 23.8 Å². The lowest BCUT2D eigenvalue weighted by atomic mass is 9.91. The number of carbonyl (C=O) groups excluding carboxylic acids is 2. The van der Waals surface area contributed by atoms with Gasteiger partial charge in [0.25, 0.3) is 0 Å². The molecule has 0 saturated heterocycles. The summed E-state index contributed by atoms with van der Waals surface area (Å²) in [6.45, 7) is 7.62. The van der Waals surface area contributed by atoms with Gasteiger partial charge in [0, 0.05) is 43.6 Å². The maximum absolute atomic E-state index is 11.9. The van der Waals surface area contributed by atoms with Crippen molar-refractivity contribution < 1.29 is 9.59 Å². The van der Waals surface area contributed by atoms with Gasteiger partial charge < -0.3 is 21.3 Å². The van der Waals surface area contributed by atoms with Crippen LogP contribution in [-0.2, 0) is 9.59 Å². The molecule has 26 heavy (non-hydrogen) atoms. The van der Waals surface area contributed by atoms with Gasteiger partial charge in [-0.3, -0.25) is 14.6 Å². The van der Waals surface area contributed by atoms with Crippen LogP contribution in [0.15, 0.2) is 29.3 Å². The van der Waals surface area contributed by atoms with Gasteiger partial charge in [-0.25, -0.2) is 0 Å². The van der Waals surface area contributed by atoms with Crippen molar-refractivity contribution in [2.24, 2.45) is 4.99 Å². The number of amides is 2. The zero-order valence-electron chi connectivity index (χ0n) is 15.8. The third-order valence-corrected chi connectivity index (χ3v) is 4.01. The second kappa shape index (κ2) is 9.79. The number of anilines is 1. The third-order valence-electron chi connectivity index (χ3n) is 4.01. The second-order valence-corrected chi connectivity index (χ2v) is 6.66. The van der Waals surface area contributed by atoms with Crippen molar-refractivity contribution >= 4 is 23.5 Å². The molecule has 0 aliphatic carbocycles. The first kappa shape index (κ1) is 19.8. The van der Waals surface area contributed by atoms with Crippen molar-refractivity contribution in [1.29, 1.82) is 0 Å². The van der Waals surface area contributed by atoms with Gasteiger partial charge in [0.1, 0.15) is 0 Å². The Morgan fingerprint density at radius 2 is 2.08 bits per heavy atom. The minimum Gasteiger partial charge on any atom is -0.357 e. The summed E-state index contributed by atoms with van der Waals surface area (Å²) in [4.78, 5) is 28.2. The third kappa shape index (κ3) is 6.06. The molecule has 142 valence electrons. The molecule has 1 unspecified atom stereocenters. The number of guanidine groups is 1. The van der Waals surface area contributed by atoms with Crippen LogP contribution in [0.25, 0.3) is 0 Å². The lowest BCUT2D eigenvalue weighted by Gasteiger charge is -2.24. The standard InChI is InChI=1S/C19H29N5O2/c1-4-20-19(21-10-9-17(25)23-13(2)3)22-12-14-11-18(26)24-16-8-6-5-7-15(14)16/h5-8,13-14H,4,9-12H2,1-3H3,(H,23,25)(H,24,26)(H2,20,21,22). The summed E-state index contributed by atoms with van der Waals surface area (Å²) in [7, 11) is 0. The molecule has 0 aromatic heterocycles. The summed E-state index contributed by atoms with van der Waals surface area (Å²) in [5.74, 6) is 0.751. The topological polar surface area (TPSA) is 94.6 Å². The van der Waals surface area contributed by atoms with E-state index in [9.17, 15) is 9.59 Å². The van der Waals surface area contributed by atoms with E-state index in [1.54, 1.807) is 0 Å². The van der Waals surface area contributed by atoms with Crippen LogP contribution >= 0.6 is 0 Å².